The number of esters is 1. The van der Waals surface area contributed by atoms with Crippen LogP contribution < -0.4 is 0 Å². The molecule has 2 rings (SSSR count). The van der Waals surface area contributed by atoms with E-state index in [0.29, 0.717) is 22.6 Å². The van der Waals surface area contributed by atoms with Crippen molar-refractivity contribution in [2.45, 2.75) is 33.6 Å². The maximum atomic E-state index is 11.8. The Morgan fingerprint density at radius 1 is 1.47 bits per heavy atom. The molecule has 103 valence electrons. The number of ether oxygens (including phenoxy) is 1. The topological polar surface area (TPSA) is 26.3 Å². The molecule has 0 N–H and O–H groups in total. The molecule has 0 aromatic heterocycles. The predicted molar refractivity (Wildman–Crippen MR) is 76.2 cm³/mol. The van der Waals surface area contributed by atoms with Crippen molar-refractivity contribution < 1.29 is 9.53 Å². The van der Waals surface area contributed by atoms with Crippen molar-refractivity contribution in [1.82, 2.24) is 0 Å². The van der Waals surface area contributed by atoms with Crippen LogP contribution in [-0.2, 0) is 4.74 Å². The normalized spacial score (nSPS) is 29.1. The van der Waals surface area contributed by atoms with E-state index in [1.54, 1.807) is 18.2 Å². The Bertz CT molecular complexity index is 462. The monoisotopic (exact) mass is 279 g/mol. The molecule has 1 aromatic carbocycles. The molecule has 0 amide bonds. The number of carbonyl (C=O) groups excluding carboxylic acids is 1. The molecule has 1 fully saturated rings. The quantitative estimate of drug-likeness (QED) is 0.591. The van der Waals surface area contributed by atoms with Gasteiger partial charge in [-0.1, -0.05) is 38.4 Å². The van der Waals surface area contributed by atoms with Crippen LogP contribution in [0.2, 0.25) is 5.02 Å². The van der Waals surface area contributed by atoms with E-state index in [-0.39, 0.29) is 5.97 Å². The fraction of sp³-hybridized carbons (Fsp3) is 0.562. The average Bonchev–Trinajstić information content (AvgIpc) is 2.86. The molecule has 0 saturated heterocycles. The van der Waals surface area contributed by atoms with Crippen molar-refractivity contribution in [3.8, 4) is 0 Å². The third-order valence-corrected chi connectivity index (χ3v) is 5.03. The van der Waals surface area contributed by atoms with Crippen molar-refractivity contribution >= 4 is 17.6 Å². The predicted octanol–water partition coefficient (Wildman–Crippen LogP) is 4.37. The maximum Gasteiger partial charge on any atom is 0.338 e. The molecule has 1 aliphatic rings. The zero-order valence-electron chi connectivity index (χ0n) is 11.7. The third-order valence-electron chi connectivity index (χ3n) is 4.80. The van der Waals surface area contributed by atoms with Gasteiger partial charge in [0.05, 0.1) is 12.2 Å². The molecule has 3 heteroatoms. The first-order chi connectivity index (χ1) is 8.95. The van der Waals surface area contributed by atoms with Gasteiger partial charge < -0.3 is 4.74 Å². The second kappa shape index (κ2) is 5.54. The highest BCUT2D eigenvalue weighted by Crippen LogP contribution is 2.60. The Morgan fingerprint density at radius 2 is 2.16 bits per heavy atom. The van der Waals surface area contributed by atoms with Crippen molar-refractivity contribution in [2.24, 2.45) is 17.3 Å². The molecule has 0 aliphatic heterocycles. The van der Waals surface area contributed by atoms with Gasteiger partial charge in [-0.2, -0.15) is 0 Å². The molecule has 2 atom stereocenters. The van der Waals surface area contributed by atoms with Crippen LogP contribution in [0.3, 0.4) is 0 Å². The highest BCUT2D eigenvalue weighted by atomic mass is 35.5. The summed E-state index contributed by atoms with van der Waals surface area (Å²) in [7, 11) is 0. The number of rotatable bonds is 5. The standard InChI is InChI=1S/C16H20ClO2/c1-11-12(2)16(11,3)8-5-9-19-15(18)13-6-4-7-14(17)10-13/h4,7,10-12H,5,8-9H2,1-3H3. The van der Waals surface area contributed by atoms with Crippen LogP contribution in [0.15, 0.2) is 18.2 Å². The van der Waals surface area contributed by atoms with E-state index >= 15 is 0 Å². The van der Waals surface area contributed by atoms with Crippen molar-refractivity contribution in [2.75, 3.05) is 6.61 Å². The summed E-state index contributed by atoms with van der Waals surface area (Å²) in [5, 5.41) is 0.527. The third kappa shape index (κ3) is 3.11. The molecule has 2 unspecified atom stereocenters. The zero-order chi connectivity index (χ0) is 14.0. The molecule has 1 saturated carbocycles. The Labute approximate surface area is 120 Å². The van der Waals surface area contributed by atoms with E-state index in [4.69, 9.17) is 16.3 Å². The van der Waals surface area contributed by atoms with Crippen LogP contribution in [-0.4, -0.2) is 12.6 Å². The summed E-state index contributed by atoms with van der Waals surface area (Å²) >= 11 is 5.82. The minimum atomic E-state index is -0.343. The Kier molecular flexibility index (Phi) is 4.19. The molecular formula is C16H20ClO2. The lowest BCUT2D eigenvalue weighted by Gasteiger charge is -2.10. The minimum absolute atomic E-state index is 0.343. The van der Waals surface area contributed by atoms with Gasteiger partial charge in [0.25, 0.3) is 0 Å². The van der Waals surface area contributed by atoms with Gasteiger partial charge in [-0.15, -0.1) is 0 Å². The fourth-order valence-corrected chi connectivity index (χ4v) is 2.95. The van der Waals surface area contributed by atoms with Crippen LogP contribution in [0, 0.1) is 23.3 Å². The van der Waals surface area contributed by atoms with E-state index in [2.05, 4.69) is 26.8 Å². The van der Waals surface area contributed by atoms with E-state index in [1.165, 1.54) is 0 Å². The summed E-state index contributed by atoms with van der Waals surface area (Å²) in [6.45, 7) is 7.36. The summed E-state index contributed by atoms with van der Waals surface area (Å²) in [6.07, 6.45) is 2.03. The smallest absolute Gasteiger partial charge is 0.338 e. The highest BCUT2D eigenvalue weighted by molar-refractivity contribution is 6.30. The summed E-state index contributed by atoms with van der Waals surface area (Å²) in [4.78, 5) is 11.8. The molecule has 1 aromatic rings. The summed E-state index contributed by atoms with van der Waals surface area (Å²) in [5.74, 6) is 1.22. The highest BCUT2D eigenvalue weighted by Gasteiger charge is 2.54. The van der Waals surface area contributed by atoms with Crippen molar-refractivity contribution in [1.29, 1.82) is 0 Å². The maximum absolute atomic E-state index is 11.8. The number of hydrogen-bond acceptors (Lipinski definition) is 2. The fourth-order valence-electron chi connectivity index (χ4n) is 2.78. The van der Waals surface area contributed by atoms with E-state index < -0.39 is 0 Å². The summed E-state index contributed by atoms with van der Waals surface area (Å²) < 4.78 is 5.25. The Hall–Kier alpha value is -1.02. The Morgan fingerprint density at radius 3 is 2.74 bits per heavy atom. The van der Waals surface area contributed by atoms with Gasteiger partial charge in [-0.25, -0.2) is 4.79 Å². The van der Waals surface area contributed by atoms with Gasteiger partial charge >= 0.3 is 5.97 Å². The molecule has 0 spiro atoms. The van der Waals surface area contributed by atoms with Gasteiger partial charge in [0, 0.05) is 5.02 Å². The lowest BCUT2D eigenvalue weighted by Crippen LogP contribution is -2.08. The minimum Gasteiger partial charge on any atom is -0.462 e. The number of benzene rings is 1. The van der Waals surface area contributed by atoms with Gasteiger partial charge in [-0.3, -0.25) is 0 Å². The first kappa shape index (κ1) is 14.4. The first-order valence-electron chi connectivity index (χ1n) is 6.79. The molecule has 1 aliphatic carbocycles. The lowest BCUT2D eigenvalue weighted by atomic mass is 9.99. The number of carbonyl (C=O) groups is 1. The molecule has 2 nitrogen and oxygen atoms in total. The van der Waals surface area contributed by atoms with Crippen LogP contribution in [0.5, 0.6) is 0 Å². The molecule has 1 radical (unpaired) electrons. The van der Waals surface area contributed by atoms with Gasteiger partial charge in [0.2, 0.25) is 0 Å². The van der Waals surface area contributed by atoms with Gasteiger partial charge in [-0.05, 0) is 48.3 Å². The number of halogens is 1. The van der Waals surface area contributed by atoms with E-state index in [1.807, 2.05) is 0 Å². The largest absolute Gasteiger partial charge is 0.462 e. The van der Waals surface area contributed by atoms with E-state index in [0.717, 1.165) is 24.7 Å². The lowest BCUT2D eigenvalue weighted by molar-refractivity contribution is 0.0491. The van der Waals surface area contributed by atoms with Crippen LogP contribution in [0.25, 0.3) is 0 Å². The molecule has 0 heterocycles. The van der Waals surface area contributed by atoms with Crippen molar-refractivity contribution in [3.05, 3.63) is 34.9 Å². The first-order valence-corrected chi connectivity index (χ1v) is 7.17. The van der Waals surface area contributed by atoms with Gasteiger partial charge in [0.15, 0.2) is 0 Å². The molecule has 19 heavy (non-hydrogen) atoms. The van der Waals surface area contributed by atoms with Crippen LogP contribution >= 0.6 is 11.6 Å². The SMILES string of the molecule is CC1C(C)C1(C)CCCOC(=O)c1[c]ccc(Cl)c1. The summed E-state index contributed by atoms with van der Waals surface area (Å²) in [5.41, 5.74) is 0.834. The number of hydrogen-bond donors (Lipinski definition) is 0. The molecule has 0 bridgehead atoms. The van der Waals surface area contributed by atoms with Gasteiger partial charge in [0.1, 0.15) is 0 Å². The van der Waals surface area contributed by atoms with Crippen LogP contribution in [0.1, 0.15) is 44.0 Å². The van der Waals surface area contributed by atoms with E-state index in [9.17, 15) is 4.79 Å². The second-order valence-electron chi connectivity index (χ2n) is 5.74. The Balaban J connectivity index is 1.73. The second-order valence-corrected chi connectivity index (χ2v) is 6.18. The van der Waals surface area contributed by atoms with Crippen LogP contribution in [0.4, 0.5) is 0 Å². The average molecular weight is 280 g/mol. The zero-order valence-corrected chi connectivity index (χ0v) is 12.5. The summed E-state index contributed by atoms with van der Waals surface area (Å²) in [6, 6.07) is 7.74. The van der Waals surface area contributed by atoms with Crippen molar-refractivity contribution in [3.63, 3.8) is 0 Å². The molecular weight excluding hydrogens is 260 g/mol.